The summed E-state index contributed by atoms with van der Waals surface area (Å²) in [5, 5.41) is 5.19. The predicted molar refractivity (Wildman–Crippen MR) is 220 cm³/mol. The Kier molecular flexibility index (Phi) is 13.6. The van der Waals surface area contributed by atoms with Crippen LogP contribution in [0.1, 0.15) is 88.0 Å². The molecule has 4 aliphatic rings. The highest BCUT2D eigenvalue weighted by atomic mass is 32.2. The molecule has 15 heteroatoms. The summed E-state index contributed by atoms with van der Waals surface area (Å²) >= 11 is 1.54. The molecule has 0 saturated carbocycles. The van der Waals surface area contributed by atoms with Crippen molar-refractivity contribution in [3.63, 3.8) is 0 Å². The Balaban J connectivity index is 0.773. The van der Waals surface area contributed by atoms with E-state index in [2.05, 4.69) is 30.4 Å². The zero-order chi connectivity index (χ0) is 40.4. The number of carbonyl (C=O) groups is 6. The Morgan fingerprint density at radius 2 is 1.71 bits per heavy atom. The number of rotatable bonds is 15. The third kappa shape index (κ3) is 9.99. The number of nitrogens with zero attached hydrogens (tertiary/aromatic N) is 6. The summed E-state index contributed by atoms with van der Waals surface area (Å²) in [4.78, 5) is 93.0. The van der Waals surface area contributed by atoms with E-state index in [1.165, 1.54) is 0 Å². The number of likely N-dealkylation sites (tertiary alicyclic amines) is 1. The normalized spacial score (nSPS) is 19.2. The average molecular weight is 807 g/mol. The van der Waals surface area contributed by atoms with Crippen LogP contribution in [0.2, 0.25) is 0 Å². The second-order valence-corrected chi connectivity index (χ2v) is 16.3. The van der Waals surface area contributed by atoms with Gasteiger partial charge in [-0.05, 0) is 92.3 Å². The van der Waals surface area contributed by atoms with Gasteiger partial charge in [-0.1, -0.05) is 25.0 Å². The number of nitrogens with one attached hydrogen (secondary N) is 2. The number of fused-ring (bicyclic) bond motifs is 1. The predicted octanol–water partition coefficient (Wildman–Crippen LogP) is 4.03. The van der Waals surface area contributed by atoms with Gasteiger partial charge in [-0.15, -0.1) is 11.8 Å². The third-order valence-electron chi connectivity index (χ3n) is 11.3. The number of piperazine rings is 1. The van der Waals surface area contributed by atoms with Crippen molar-refractivity contribution < 1.29 is 28.8 Å². The van der Waals surface area contributed by atoms with Crippen molar-refractivity contribution in [3.8, 4) is 0 Å². The topological polar surface area (TPSA) is 165 Å². The summed E-state index contributed by atoms with van der Waals surface area (Å²) in [7, 11) is 0. The fourth-order valence-corrected chi connectivity index (χ4v) is 9.07. The highest BCUT2D eigenvalue weighted by Crippen LogP contribution is 2.35. The van der Waals surface area contributed by atoms with E-state index in [0.717, 1.165) is 111 Å². The molecule has 0 bridgehead atoms. The van der Waals surface area contributed by atoms with Crippen LogP contribution in [-0.2, 0) is 14.4 Å². The van der Waals surface area contributed by atoms with E-state index in [1.54, 1.807) is 54.6 Å². The number of imide groups is 2. The van der Waals surface area contributed by atoms with E-state index in [0.29, 0.717) is 29.2 Å². The second-order valence-electron chi connectivity index (χ2n) is 15.2. The summed E-state index contributed by atoms with van der Waals surface area (Å²) in [6, 6.07) is 11.8. The molecule has 3 aromatic rings. The molecule has 6 heterocycles. The Labute approximate surface area is 342 Å². The molecule has 14 nitrogen and oxygen atoms in total. The van der Waals surface area contributed by atoms with Crippen LogP contribution in [-0.4, -0.2) is 124 Å². The highest BCUT2D eigenvalue weighted by molar-refractivity contribution is 7.99. The number of pyridine rings is 2. The number of carbonyl (C=O) groups excluding carboxylic acids is 6. The summed E-state index contributed by atoms with van der Waals surface area (Å²) in [5.74, 6) is 0.185. The minimum Gasteiger partial charge on any atom is -0.354 e. The van der Waals surface area contributed by atoms with Crippen LogP contribution >= 0.6 is 11.8 Å². The van der Waals surface area contributed by atoms with Gasteiger partial charge in [0.15, 0.2) is 0 Å². The number of amides is 6. The molecule has 2 aromatic heterocycles. The fourth-order valence-electron chi connectivity index (χ4n) is 8.06. The monoisotopic (exact) mass is 806 g/mol. The molecule has 0 aliphatic carbocycles. The van der Waals surface area contributed by atoms with Gasteiger partial charge in [0.05, 0.1) is 16.7 Å². The van der Waals surface area contributed by atoms with E-state index < -0.39 is 29.7 Å². The number of benzene rings is 1. The van der Waals surface area contributed by atoms with Crippen LogP contribution in [0.25, 0.3) is 6.08 Å². The van der Waals surface area contributed by atoms with Gasteiger partial charge in [0, 0.05) is 81.8 Å². The Morgan fingerprint density at radius 3 is 2.45 bits per heavy atom. The van der Waals surface area contributed by atoms with Crippen molar-refractivity contribution in [2.75, 3.05) is 63.0 Å². The number of thioether (sulfide) groups is 1. The number of anilines is 1. The van der Waals surface area contributed by atoms with Crippen molar-refractivity contribution in [1.82, 2.24) is 35.3 Å². The number of hydrogen-bond donors (Lipinski definition) is 2. The van der Waals surface area contributed by atoms with Crippen molar-refractivity contribution in [2.24, 2.45) is 5.92 Å². The maximum Gasteiger partial charge on any atom is 0.263 e. The van der Waals surface area contributed by atoms with Gasteiger partial charge >= 0.3 is 0 Å². The van der Waals surface area contributed by atoms with Crippen LogP contribution in [0.5, 0.6) is 0 Å². The van der Waals surface area contributed by atoms with E-state index in [1.807, 2.05) is 35.2 Å². The molecule has 6 amide bonds. The first kappa shape index (κ1) is 40.8. The number of unbranched alkanes of at least 4 members (excludes halogenated alkanes) is 1. The molecule has 3 saturated heterocycles. The lowest BCUT2D eigenvalue weighted by Gasteiger charge is -2.35. The van der Waals surface area contributed by atoms with Crippen LogP contribution in [0, 0.1) is 5.92 Å². The lowest BCUT2D eigenvalue weighted by Crippen LogP contribution is -2.54. The highest BCUT2D eigenvalue weighted by Gasteiger charge is 2.45. The van der Waals surface area contributed by atoms with Crippen LogP contribution in [0.3, 0.4) is 0 Å². The summed E-state index contributed by atoms with van der Waals surface area (Å²) < 4.78 is 0. The van der Waals surface area contributed by atoms with E-state index in [9.17, 15) is 28.8 Å². The fraction of sp³-hybridized carbons (Fsp3) is 0.442. The van der Waals surface area contributed by atoms with E-state index >= 15 is 0 Å². The Hall–Kier alpha value is -5.41. The zero-order valence-corrected chi connectivity index (χ0v) is 33.5. The molecule has 1 atom stereocenters. The standard InChI is InChI=1S/C43H50N8O6S/c52-37(14-10-31-7-4-18-44-28-31)45-19-2-1-6-30-16-21-50(22-17-30)41(55)32-11-13-36(46-29-32)49-25-23-48(24-26-49)20-5-27-58-35-9-3-8-33-39(35)43(57)51(42(33)56)34-12-15-38(53)47-40(34)54/h3-4,7-11,13-14,18,28-30,34H,1-2,5-6,12,15-17,19-27H2,(H,45,52)(H,47,53,54)/b14-10+. The summed E-state index contributed by atoms with van der Waals surface area (Å²) in [5.41, 5.74) is 2.15. The summed E-state index contributed by atoms with van der Waals surface area (Å²) in [6.07, 6.45) is 14.6. The number of hydrogen-bond acceptors (Lipinski definition) is 11. The Bertz CT molecular complexity index is 2010. The van der Waals surface area contributed by atoms with Gasteiger partial charge < -0.3 is 15.1 Å². The van der Waals surface area contributed by atoms with Crippen LogP contribution in [0.4, 0.5) is 5.82 Å². The molecule has 304 valence electrons. The molecule has 0 radical (unpaired) electrons. The average Bonchev–Trinajstić information content (AvgIpc) is 3.51. The molecular weight excluding hydrogens is 757 g/mol. The SMILES string of the molecule is O=C(/C=C/c1cccnc1)NCCCCC1CCN(C(=O)c2ccc(N3CCN(CCCSc4cccc5c4C(=O)N(C4CCC(=O)NC4=O)C5=O)CC3)nc2)CC1. The zero-order valence-electron chi connectivity index (χ0n) is 32.6. The third-order valence-corrected chi connectivity index (χ3v) is 12.5. The Morgan fingerprint density at radius 1 is 0.879 bits per heavy atom. The minimum atomic E-state index is -0.977. The molecule has 7 rings (SSSR count). The van der Waals surface area contributed by atoms with Gasteiger partial charge in [0.2, 0.25) is 17.7 Å². The van der Waals surface area contributed by atoms with Crippen LogP contribution in [0.15, 0.2) is 72.0 Å². The van der Waals surface area contributed by atoms with Gasteiger partial charge in [0.1, 0.15) is 11.9 Å². The van der Waals surface area contributed by atoms with E-state index in [4.69, 9.17) is 0 Å². The minimum absolute atomic E-state index is 0.0327. The van der Waals surface area contributed by atoms with Crippen molar-refractivity contribution in [2.45, 2.75) is 62.3 Å². The smallest absolute Gasteiger partial charge is 0.263 e. The molecular formula is C43H50N8O6S. The maximum atomic E-state index is 13.4. The van der Waals surface area contributed by atoms with Gasteiger partial charge in [-0.3, -0.25) is 48.9 Å². The van der Waals surface area contributed by atoms with Crippen molar-refractivity contribution >= 4 is 59.1 Å². The first-order valence-corrected chi connectivity index (χ1v) is 21.3. The first-order valence-electron chi connectivity index (χ1n) is 20.3. The molecule has 58 heavy (non-hydrogen) atoms. The molecule has 3 fully saturated rings. The quantitative estimate of drug-likeness (QED) is 0.0987. The lowest BCUT2D eigenvalue weighted by molar-refractivity contribution is -0.136. The lowest BCUT2D eigenvalue weighted by atomic mass is 9.91. The summed E-state index contributed by atoms with van der Waals surface area (Å²) in [6.45, 7) is 6.46. The largest absolute Gasteiger partial charge is 0.354 e. The molecule has 0 spiro atoms. The molecule has 2 N–H and O–H groups in total. The van der Waals surface area contributed by atoms with Crippen molar-refractivity contribution in [1.29, 1.82) is 0 Å². The molecule has 1 unspecified atom stereocenters. The number of piperidine rings is 2. The van der Waals surface area contributed by atoms with Gasteiger partial charge in [0.25, 0.3) is 17.7 Å². The first-order chi connectivity index (χ1) is 28.2. The number of aromatic nitrogens is 2. The maximum absolute atomic E-state index is 13.4. The second kappa shape index (κ2) is 19.4. The van der Waals surface area contributed by atoms with Gasteiger partial charge in [-0.25, -0.2) is 4.98 Å². The van der Waals surface area contributed by atoms with Crippen LogP contribution < -0.4 is 15.5 Å². The molecule has 4 aliphatic heterocycles. The van der Waals surface area contributed by atoms with Crippen molar-refractivity contribution in [3.05, 3.63) is 89.4 Å². The van der Waals surface area contributed by atoms with Gasteiger partial charge in [-0.2, -0.15) is 0 Å². The molecule has 1 aromatic carbocycles. The van der Waals surface area contributed by atoms with E-state index in [-0.39, 0.29) is 24.7 Å².